The topological polar surface area (TPSA) is 98.4 Å². The highest BCUT2D eigenvalue weighted by Crippen LogP contribution is 2.48. The highest BCUT2D eigenvalue weighted by molar-refractivity contribution is 6.15. The van der Waals surface area contributed by atoms with Gasteiger partial charge in [-0.15, -0.1) is 0 Å². The van der Waals surface area contributed by atoms with E-state index in [2.05, 4.69) is 4.90 Å². The van der Waals surface area contributed by atoms with Crippen molar-refractivity contribution >= 4 is 34.3 Å². The summed E-state index contributed by atoms with van der Waals surface area (Å²) in [7, 11) is 0. The molecule has 0 amide bonds. The van der Waals surface area contributed by atoms with Crippen LogP contribution in [0.25, 0.3) is 17.2 Å². The van der Waals surface area contributed by atoms with E-state index in [0.29, 0.717) is 27.8 Å². The second-order valence-electron chi connectivity index (χ2n) is 8.65. The van der Waals surface area contributed by atoms with E-state index < -0.39 is 0 Å². The van der Waals surface area contributed by atoms with E-state index in [9.17, 15) is 21.0 Å². The minimum absolute atomic E-state index is 0.0742. The number of hydrogen-bond donors (Lipinski definition) is 0. The van der Waals surface area contributed by atoms with Gasteiger partial charge in [-0.3, -0.25) is 0 Å². The molecule has 4 aromatic rings. The third-order valence-corrected chi connectivity index (χ3v) is 6.44. The summed E-state index contributed by atoms with van der Waals surface area (Å²) in [6.07, 6.45) is 1.83. The monoisotopic (exact) mass is 497 g/mol. The van der Waals surface area contributed by atoms with Gasteiger partial charge in [0.15, 0.2) is 0 Å². The zero-order chi connectivity index (χ0) is 27.2. The fraction of sp³-hybridized carbons (Fsp3) is 0. The number of para-hydroxylation sites is 2. The predicted octanol–water partition coefficient (Wildman–Crippen LogP) is 7.86. The standard InChI is InChI=1S/C34H19N5/c35-20-25(21-36)33-30-13-7-8-14-31(30)34(26(22-37)23-38)32(33)19-24-15-17-29(18-16-24)39(27-9-3-1-4-10-27)28-11-5-2-6-12-28/h1-19H. The second kappa shape index (κ2) is 10.9. The van der Waals surface area contributed by atoms with Crippen LogP contribution in [-0.4, -0.2) is 0 Å². The van der Waals surface area contributed by atoms with Crippen LogP contribution in [0.1, 0.15) is 16.7 Å². The van der Waals surface area contributed by atoms with Crippen molar-refractivity contribution in [3.05, 3.63) is 143 Å². The van der Waals surface area contributed by atoms with Gasteiger partial charge in [0.25, 0.3) is 0 Å². The third-order valence-electron chi connectivity index (χ3n) is 6.44. The van der Waals surface area contributed by atoms with Crippen molar-refractivity contribution in [2.75, 3.05) is 4.90 Å². The lowest BCUT2D eigenvalue weighted by Gasteiger charge is -2.25. The lowest BCUT2D eigenvalue weighted by molar-refractivity contribution is 1.28. The average molecular weight is 498 g/mol. The number of rotatable bonds is 4. The molecule has 1 aliphatic rings. The van der Waals surface area contributed by atoms with Crippen LogP contribution in [0.5, 0.6) is 0 Å². The van der Waals surface area contributed by atoms with Crippen molar-refractivity contribution in [1.29, 1.82) is 21.0 Å². The first-order chi connectivity index (χ1) is 19.2. The van der Waals surface area contributed by atoms with Gasteiger partial charge in [0.1, 0.15) is 35.4 Å². The maximum atomic E-state index is 9.74. The van der Waals surface area contributed by atoms with E-state index in [4.69, 9.17) is 0 Å². The van der Waals surface area contributed by atoms with Crippen LogP contribution in [0.3, 0.4) is 0 Å². The Morgan fingerprint density at radius 1 is 0.487 bits per heavy atom. The first kappa shape index (κ1) is 24.5. The summed E-state index contributed by atoms with van der Waals surface area (Å²) >= 11 is 0. The molecule has 0 radical (unpaired) electrons. The van der Waals surface area contributed by atoms with E-state index >= 15 is 0 Å². The number of allylic oxidation sites excluding steroid dienone is 5. The summed E-state index contributed by atoms with van der Waals surface area (Å²) < 4.78 is 0. The molecule has 5 nitrogen and oxygen atoms in total. The lowest BCUT2D eigenvalue weighted by Crippen LogP contribution is -2.09. The van der Waals surface area contributed by atoms with Crippen LogP contribution < -0.4 is 4.90 Å². The molecule has 0 fully saturated rings. The molecule has 0 saturated carbocycles. The average Bonchev–Trinajstić information content (AvgIpc) is 3.30. The molecule has 0 saturated heterocycles. The van der Waals surface area contributed by atoms with Crippen LogP contribution in [0.2, 0.25) is 0 Å². The molecule has 0 bridgehead atoms. The molecular weight excluding hydrogens is 478 g/mol. The first-order valence-electron chi connectivity index (χ1n) is 12.1. The van der Waals surface area contributed by atoms with Crippen molar-refractivity contribution in [2.45, 2.75) is 0 Å². The lowest BCUT2D eigenvalue weighted by atomic mass is 9.94. The van der Waals surface area contributed by atoms with Gasteiger partial charge < -0.3 is 4.90 Å². The molecular formula is C34H19N5. The molecule has 1 aliphatic carbocycles. The number of anilines is 3. The number of benzene rings is 4. The van der Waals surface area contributed by atoms with Crippen LogP contribution in [-0.2, 0) is 0 Å². The Hall–Kier alpha value is -6.14. The van der Waals surface area contributed by atoms with Crippen LogP contribution >= 0.6 is 0 Å². The van der Waals surface area contributed by atoms with Gasteiger partial charge in [-0.2, -0.15) is 21.0 Å². The number of fused-ring (bicyclic) bond motifs is 1. The fourth-order valence-corrected chi connectivity index (χ4v) is 4.78. The zero-order valence-corrected chi connectivity index (χ0v) is 20.7. The van der Waals surface area contributed by atoms with Crippen molar-refractivity contribution in [1.82, 2.24) is 0 Å². The summed E-state index contributed by atoms with van der Waals surface area (Å²) in [5.41, 5.74) is 6.26. The van der Waals surface area contributed by atoms with Crippen LogP contribution in [0.4, 0.5) is 17.1 Å². The van der Waals surface area contributed by atoms with E-state index in [1.807, 2.05) is 115 Å². The fourth-order valence-electron chi connectivity index (χ4n) is 4.78. The first-order valence-corrected chi connectivity index (χ1v) is 12.1. The van der Waals surface area contributed by atoms with Crippen molar-refractivity contribution in [2.24, 2.45) is 0 Å². The SMILES string of the molecule is N#CC(C#N)=C1C(=Cc2ccc(N(c3ccccc3)c3ccccc3)cc2)C(=C(C#N)C#N)c2ccccc21. The van der Waals surface area contributed by atoms with E-state index in [1.54, 1.807) is 24.3 Å². The molecule has 0 N–H and O–H groups in total. The Labute approximate surface area is 227 Å². The summed E-state index contributed by atoms with van der Waals surface area (Å²) in [5, 5.41) is 39.0. The molecule has 39 heavy (non-hydrogen) atoms. The minimum atomic E-state index is -0.0742. The second-order valence-corrected chi connectivity index (χ2v) is 8.65. The Kier molecular flexibility index (Phi) is 6.84. The van der Waals surface area contributed by atoms with Gasteiger partial charge in [-0.05, 0) is 64.7 Å². The molecule has 0 atom stereocenters. The predicted molar refractivity (Wildman–Crippen MR) is 152 cm³/mol. The Bertz CT molecular complexity index is 1670. The zero-order valence-electron chi connectivity index (χ0n) is 20.7. The molecule has 0 unspecified atom stereocenters. The molecule has 4 aromatic carbocycles. The molecule has 0 heterocycles. The van der Waals surface area contributed by atoms with Crippen molar-refractivity contribution in [3.8, 4) is 24.3 Å². The molecule has 5 heteroatoms. The van der Waals surface area contributed by atoms with Gasteiger partial charge in [0.2, 0.25) is 0 Å². The van der Waals surface area contributed by atoms with Gasteiger partial charge >= 0.3 is 0 Å². The van der Waals surface area contributed by atoms with Crippen molar-refractivity contribution < 1.29 is 0 Å². The number of nitriles is 4. The van der Waals surface area contributed by atoms with E-state index in [1.165, 1.54) is 0 Å². The van der Waals surface area contributed by atoms with Gasteiger partial charge in [0, 0.05) is 28.2 Å². The molecule has 0 aliphatic heterocycles. The van der Waals surface area contributed by atoms with Gasteiger partial charge in [-0.1, -0.05) is 72.8 Å². The maximum absolute atomic E-state index is 9.74. The Balaban J connectivity index is 1.67. The summed E-state index contributed by atoms with van der Waals surface area (Å²) in [6, 6.07) is 43.1. The normalized spacial score (nSPS) is 11.3. The quantitative estimate of drug-likeness (QED) is 0.267. The summed E-state index contributed by atoms with van der Waals surface area (Å²) in [6.45, 7) is 0. The van der Waals surface area contributed by atoms with Crippen molar-refractivity contribution in [3.63, 3.8) is 0 Å². The van der Waals surface area contributed by atoms with E-state index in [-0.39, 0.29) is 11.1 Å². The van der Waals surface area contributed by atoms with Gasteiger partial charge in [-0.25, -0.2) is 0 Å². The smallest absolute Gasteiger partial charge is 0.138 e. The molecule has 180 valence electrons. The Morgan fingerprint density at radius 2 is 0.872 bits per heavy atom. The summed E-state index contributed by atoms with van der Waals surface area (Å²) in [5.74, 6) is 0. The van der Waals surface area contributed by atoms with Gasteiger partial charge in [0.05, 0.1) is 0 Å². The number of nitrogens with zero attached hydrogens (tertiary/aromatic N) is 5. The Morgan fingerprint density at radius 3 is 1.28 bits per heavy atom. The number of hydrogen-bond acceptors (Lipinski definition) is 5. The highest BCUT2D eigenvalue weighted by Gasteiger charge is 2.31. The maximum Gasteiger partial charge on any atom is 0.138 e. The molecule has 0 spiro atoms. The highest BCUT2D eigenvalue weighted by atomic mass is 15.1. The largest absolute Gasteiger partial charge is 0.311 e. The van der Waals surface area contributed by atoms with Crippen LogP contribution in [0, 0.1) is 45.3 Å². The molecule has 5 rings (SSSR count). The molecule has 0 aromatic heterocycles. The minimum Gasteiger partial charge on any atom is -0.311 e. The third kappa shape index (κ3) is 4.57. The summed E-state index contributed by atoms with van der Waals surface area (Å²) in [4.78, 5) is 2.14. The van der Waals surface area contributed by atoms with Crippen LogP contribution in [0.15, 0.2) is 126 Å². The van der Waals surface area contributed by atoms with E-state index in [0.717, 1.165) is 22.6 Å².